The van der Waals surface area contributed by atoms with E-state index in [1.165, 1.54) is 0 Å². The molecular weight excluding hydrogens is 312 g/mol. The molecule has 3 aromatic carbocycles. The van der Waals surface area contributed by atoms with E-state index >= 15 is 0 Å². The molecule has 0 aliphatic heterocycles. The molecule has 0 N–H and O–H groups in total. The molecule has 3 rings (SSSR count). The van der Waals surface area contributed by atoms with Crippen LogP contribution in [0.1, 0.15) is 49.9 Å². The van der Waals surface area contributed by atoms with Crippen molar-refractivity contribution in [3.05, 3.63) is 107 Å². The first-order valence-corrected chi connectivity index (χ1v) is 9.14. The topological polar surface area (TPSA) is 0 Å². The summed E-state index contributed by atoms with van der Waals surface area (Å²) in [6.45, 7) is 8.00. The zero-order valence-electron chi connectivity index (χ0n) is 16.1. The highest BCUT2D eigenvalue weighted by Gasteiger charge is 1.89. The molecule has 0 saturated carbocycles. The van der Waals surface area contributed by atoms with E-state index in [2.05, 4.69) is 23.7 Å². The Morgan fingerprint density at radius 1 is 0.346 bits per heavy atom. The van der Waals surface area contributed by atoms with Crippen molar-refractivity contribution in [3.63, 3.8) is 0 Å². The van der Waals surface area contributed by atoms with Crippen molar-refractivity contribution in [1.29, 1.82) is 0 Å². The van der Waals surface area contributed by atoms with Gasteiger partial charge in [0.15, 0.2) is 0 Å². The Bertz CT molecular complexity index is 773. The summed E-state index contributed by atoms with van der Waals surface area (Å²) in [7, 11) is 0. The first-order valence-electron chi connectivity index (χ1n) is 9.14. The summed E-state index contributed by atoms with van der Waals surface area (Å²) < 4.78 is 0. The molecule has 0 aromatic heterocycles. The predicted octanol–water partition coefficient (Wildman–Crippen LogP) is 6.54. The second kappa shape index (κ2) is 13.1. The van der Waals surface area contributed by atoms with E-state index in [9.17, 15) is 0 Å². The van der Waals surface area contributed by atoms with Gasteiger partial charge in [-0.3, -0.25) is 0 Å². The van der Waals surface area contributed by atoms with Crippen LogP contribution >= 0.6 is 0 Å². The molecule has 0 spiro atoms. The molecular formula is C26H26. The molecule has 0 aliphatic rings. The molecule has 0 nitrogen and oxygen atoms in total. The Kier molecular flexibility index (Phi) is 10.5. The summed E-state index contributed by atoms with van der Waals surface area (Å²) in [5, 5.41) is 0. The van der Waals surface area contributed by atoms with Gasteiger partial charge < -0.3 is 0 Å². The molecule has 0 saturated heterocycles. The summed E-state index contributed by atoms with van der Waals surface area (Å²) in [6.07, 6.45) is 0. The molecule has 0 fully saturated rings. The fourth-order valence-electron chi connectivity index (χ4n) is 1.97. The normalized spacial score (nSPS) is 8.15. The summed E-state index contributed by atoms with van der Waals surface area (Å²) in [5.41, 5.74) is 4.04. The largest absolute Gasteiger partial charge is 0.0683 e. The zero-order valence-corrected chi connectivity index (χ0v) is 16.1. The molecule has 130 valence electrons. The Morgan fingerprint density at radius 2 is 0.577 bits per heavy atom. The van der Waals surface area contributed by atoms with Crippen LogP contribution in [0.4, 0.5) is 0 Å². The van der Waals surface area contributed by atoms with Gasteiger partial charge in [-0.1, -0.05) is 87.8 Å². The first kappa shape index (κ1) is 20.8. The summed E-state index contributed by atoms with van der Waals surface area (Å²) in [5.74, 6) is 12.6. The third kappa shape index (κ3) is 7.57. The van der Waals surface area contributed by atoms with Crippen LogP contribution < -0.4 is 0 Å². The van der Waals surface area contributed by atoms with Gasteiger partial charge in [-0.25, -0.2) is 0 Å². The minimum atomic E-state index is 0.995. The first-order chi connectivity index (χ1) is 12.9. The van der Waals surface area contributed by atoms with E-state index in [0.717, 1.165) is 22.3 Å². The van der Waals surface area contributed by atoms with Gasteiger partial charge >= 0.3 is 0 Å². The Balaban J connectivity index is 0.000000791. The van der Waals surface area contributed by atoms with Crippen LogP contribution in [0.5, 0.6) is 0 Å². The average molecular weight is 338 g/mol. The van der Waals surface area contributed by atoms with Crippen LogP contribution in [-0.4, -0.2) is 0 Å². The summed E-state index contributed by atoms with van der Waals surface area (Å²) >= 11 is 0. The molecule has 0 bridgehead atoms. The minimum absolute atomic E-state index is 0.995. The van der Waals surface area contributed by atoms with Gasteiger partial charge in [0, 0.05) is 22.3 Å². The smallest absolute Gasteiger partial charge is 0.0249 e. The predicted molar refractivity (Wildman–Crippen MR) is 114 cm³/mol. The lowest BCUT2D eigenvalue weighted by Gasteiger charge is -1.92. The number of hydrogen-bond acceptors (Lipinski definition) is 0. The molecule has 26 heavy (non-hydrogen) atoms. The van der Waals surface area contributed by atoms with Crippen LogP contribution in [0.25, 0.3) is 0 Å². The molecule has 0 unspecified atom stereocenters. The van der Waals surface area contributed by atoms with Crippen molar-refractivity contribution in [3.8, 4) is 23.7 Å². The van der Waals surface area contributed by atoms with Crippen molar-refractivity contribution in [2.24, 2.45) is 0 Å². The monoisotopic (exact) mass is 338 g/mol. The molecule has 0 atom stereocenters. The number of benzene rings is 3. The third-order valence-electron chi connectivity index (χ3n) is 3.13. The second-order valence-corrected chi connectivity index (χ2v) is 4.81. The molecule has 0 heterocycles. The van der Waals surface area contributed by atoms with Gasteiger partial charge in [0.25, 0.3) is 0 Å². The van der Waals surface area contributed by atoms with Crippen LogP contribution in [-0.2, 0) is 0 Å². The number of hydrogen-bond donors (Lipinski definition) is 0. The van der Waals surface area contributed by atoms with Crippen LogP contribution in [0.2, 0.25) is 0 Å². The maximum atomic E-state index is 3.16. The van der Waals surface area contributed by atoms with Gasteiger partial charge in [0.2, 0.25) is 0 Å². The van der Waals surface area contributed by atoms with E-state index in [0.29, 0.717) is 0 Å². The maximum Gasteiger partial charge on any atom is 0.0249 e. The fraction of sp³-hybridized carbons (Fsp3) is 0.154. The van der Waals surface area contributed by atoms with Crippen molar-refractivity contribution in [2.75, 3.05) is 0 Å². The van der Waals surface area contributed by atoms with Crippen molar-refractivity contribution in [1.82, 2.24) is 0 Å². The van der Waals surface area contributed by atoms with E-state index in [1.807, 2.05) is 113 Å². The standard InChI is InChI=1S/C22H14.2C2H6/c1-3-7-19(8-4-1)11-13-21-15-17-22(18-16-21)14-12-20-9-5-2-6-10-20;2*1-2/h1-10,15-18H;2*1-2H3. The molecule has 3 aromatic rings. The maximum absolute atomic E-state index is 3.16. The van der Waals surface area contributed by atoms with Gasteiger partial charge in [0.1, 0.15) is 0 Å². The van der Waals surface area contributed by atoms with Crippen LogP contribution in [0.3, 0.4) is 0 Å². The Labute approximate surface area is 158 Å². The lowest BCUT2D eigenvalue weighted by Crippen LogP contribution is -1.78. The van der Waals surface area contributed by atoms with Crippen molar-refractivity contribution < 1.29 is 0 Å². The van der Waals surface area contributed by atoms with E-state index in [4.69, 9.17) is 0 Å². The molecule has 0 amide bonds. The van der Waals surface area contributed by atoms with E-state index in [1.54, 1.807) is 0 Å². The fourth-order valence-corrected chi connectivity index (χ4v) is 1.97. The summed E-state index contributed by atoms with van der Waals surface area (Å²) in [6, 6.07) is 28.0. The highest BCUT2D eigenvalue weighted by Crippen LogP contribution is 2.04. The minimum Gasteiger partial charge on any atom is -0.0683 e. The molecule has 0 heteroatoms. The van der Waals surface area contributed by atoms with E-state index < -0.39 is 0 Å². The highest BCUT2D eigenvalue weighted by molar-refractivity contribution is 5.47. The third-order valence-corrected chi connectivity index (χ3v) is 3.13. The van der Waals surface area contributed by atoms with Crippen molar-refractivity contribution in [2.45, 2.75) is 27.7 Å². The van der Waals surface area contributed by atoms with Gasteiger partial charge in [-0.05, 0) is 48.5 Å². The quantitative estimate of drug-likeness (QED) is 0.408. The Morgan fingerprint density at radius 3 is 0.846 bits per heavy atom. The molecule has 0 radical (unpaired) electrons. The lowest BCUT2D eigenvalue weighted by molar-refractivity contribution is 1.50. The average Bonchev–Trinajstić information content (AvgIpc) is 2.76. The summed E-state index contributed by atoms with van der Waals surface area (Å²) in [4.78, 5) is 0. The zero-order chi connectivity index (χ0) is 19.0. The van der Waals surface area contributed by atoms with Gasteiger partial charge in [-0.15, -0.1) is 0 Å². The number of rotatable bonds is 0. The molecule has 0 aliphatic carbocycles. The second-order valence-electron chi connectivity index (χ2n) is 4.81. The lowest BCUT2D eigenvalue weighted by atomic mass is 10.1. The van der Waals surface area contributed by atoms with E-state index in [-0.39, 0.29) is 0 Å². The van der Waals surface area contributed by atoms with Crippen LogP contribution in [0, 0.1) is 23.7 Å². The highest BCUT2D eigenvalue weighted by atomic mass is 13.9. The SMILES string of the molecule is C(#Cc1ccc(C#Cc2ccccc2)cc1)c1ccccc1.CC.CC. The Hall–Kier alpha value is -3.22. The van der Waals surface area contributed by atoms with Crippen LogP contribution in [0.15, 0.2) is 84.9 Å². The van der Waals surface area contributed by atoms with Crippen molar-refractivity contribution >= 4 is 0 Å². The van der Waals surface area contributed by atoms with Gasteiger partial charge in [-0.2, -0.15) is 0 Å². The van der Waals surface area contributed by atoms with Gasteiger partial charge in [0.05, 0.1) is 0 Å².